The molecule has 0 aromatic heterocycles. The summed E-state index contributed by atoms with van der Waals surface area (Å²) in [7, 11) is -1.61. The van der Waals surface area contributed by atoms with Gasteiger partial charge in [-0.05, 0) is 52.8 Å². The van der Waals surface area contributed by atoms with Gasteiger partial charge in [-0.1, -0.05) is 27.2 Å². The Balaban J connectivity index is -0.0000000953. The fraction of sp³-hybridized carbons (Fsp3) is 1.00. The molecule has 0 fully saturated rings. The maximum Gasteiger partial charge on any atom is 0.179 e. The summed E-state index contributed by atoms with van der Waals surface area (Å²) >= 11 is 0. The molecule has 0 rings (SSSR count). The molecule has 0 heterocycles. The van der Waals surface area contributed by atoms with Crippen LogP contribution in [0, 0.1) is 0 Å². The zero-order chi connectivity index (χ0) is 21.4. The van der Waals surface area contributed by atoms with Crippen molar-refractivity contribution in [2.45, 2.75) is 92.2 Å². The van der Waals surface area contributed by atoms with Crippen LogP contribution in [0.4, 0.5) is 0 Å². The molecule has 0 aromatic rings. The van der Waals surface area contributed by atoms with E-state index in [0.717, 1.165) is 32.3 Å². The first kappa shape index (κ1) is 38.5. The van der Waals surface area contributed by atoms with Gasteiger partial charge in [-0.15, -0.1) is 0 Å². The maximum absolute atomic E-state index is 8.95. The fourth-order valence-corrected chi connectivity index (χ4v) is 0.847. The van der Waals surface area contributed by atoms with Gasteiger partial charge in [0.15, 0.2) is 8.32 Å². The largest absolute Gasteiger partial charge is 0.433 e. The number of rotatable bonds is 10. The van der Waals surface area contributed by atoms with Gasteiger partial charge in [0.1, 0.15) is 0 Å². The Bertz CT molecular complexity index is 215. The first-order valence-corrected chi connectivity index (χ1v) is 13.3. The summed E-state index contributed by atoms with van der Waals surface area (Å²) in [4.78, 5) is 8.66. The SMILES string of the molecule is CCCCOCC(C)OCC(C)O.CCCO.CCCO.C[Si](C)(C)O.[Zr]. The second-order valence-corrected chi connectivity index (χ2v) is 11.4. The molecule has 0 amide bonds. The quantitative estimate of drug-likeness (QED) is 0.277. The Hall–Kier alpha value is 0.860. The molecule has 0 aromatic carbocycles. The molecule has 8 heteroatoms. The number of hydrogen-bond donors (Lipinski definition) is 4. The first-order chi connectivity index (χ1) is 12.0. The molecule has 0 aliphatic rings. The summed E-state index contributed by atoms with van der Waals surface area (Å²) < 4.78 is 10.7. The third kappa shape index (κ3) is 86.4. The molecule has 0 saturated carbocycles. The van der Waals surface area contributed by atoms with E-state index in [4.69, 9.17) is 29.6 Å². The molecule has 0 spiro atoms. The van der Waals surface area contributed by atoms with E-state index in [1.807, 2.05) is 40.4 Å². The molecule has 0 bridgehead atoms. The molecule has 0 saturated heterocycles. The van der Waals surface area contributed by atoms with Crippen LogP contribution in [0.1, 0.15) is 60.3 Å². The molecule has 2 unspecified atom stereocenters. The van der Waals surface area contributed by atoms with E-state index in [0.29, 0.717) is 26.4 Å². The van der Waals surface area contributed by atoms with Gasteiger partial charge in [0.05, 0.1) is 25.4 Å². The predicted octanol–water partition coefficient (Wildman–Crippen LogP) is 3.18. The summed E-state index contributed by atoms with van der Waals surface area (Å²) in [5.41, 5.74) is 0. The minimum atomic E-state index is -1.61. The summed E-state index contributed by atoms with van der Waals surface area (Å²) in [6, 6.07) is 0. The molecule has 0 aliphatic heterocycles. The van der Waals surface area contributed by atoms with Crippen LogP contribution in [-0.2, 0) is 35.7 Å². The van der Waals surface area contributed by atoms with Crippen LogP contribution >= 0.6 is 0 Å². The number of hydrogen-bond acceptors (Lipinski definition) is 6. The van der Waals surface area contributed by atoms with Gasteiger partial charge >= 0.3 is 0 Å². The molecule has 4 N–H and O–H groups in total. The molecule has 2 atom stereocenters. The van der Waals surface area contributed by atoms with E-state index in [1.165, 1.54) is 0 Å². The Morgan fingerprint density at radius 3 is 1.48 bits per heavy atom. The Kier molecular flexibility index (Phi) is 44.9. The molecule has 0 radical (unpaired) electrons. The number of aliphatic hydroxyl groups is 3. The van der Waals surface area contributed by atoms with Crippen molar-refractivity contribution in [3.63, 3.8) is 0 Å². The van der Waals surface area contributed by atoms with Crippen LogP contribution in [0.2, 0.25) is 19.6 Å². The first-order valence-electron chi connectivity index (χ1n) is 9.81. The normalized spacial score (nSPS) is 12.0. The van der Waals surface area contributed by atoms with Gasteiger partial charge in [-0.3, -0.25) is 0 Å². The number of unbranched alkanes of at least 4 members (excludes halogenated alkanes) is 1. The standard InChI is InChI=1S/C10H22O3.C3H10OSi.2C3H8O.Zr/c1-4-5-6-12-8-10(3)13-7-9(2)11;1-5(2,3)4;2*1-2-3-4;/h9-11H,4-8H2,1-3H3;4H,1-3H3;2*4H,2-3H2,1H3;. The third-order valence-electron chi connectivity index (χ3n) is 2.06. The van der Waals surface area contributed by atoms with Crippen LogP contribution in [-0.4, -0.2) is 73.7 Å². The zero-order valence-electron chi connectivity index (χ0n) is 19.1. The van der Waals surface area contributed by atoms with Gasteiger partial charge in [0, 0.05) is 46.0 Å². The van der Waals surface area contributed by atoms with Gasteiger partial charge in [-0.2, -0.15) is 0 Å². The molecular formula is C19H48O6SiZr. The molecular weight excluding hydrogens is 444 g/mol. The summed E-state index contributed by atoms with van der Waals surface area (Å²) in [5, 5.41) is 24.7. The van der Waals surface area contributed by atoms with E-state index >= 15 is 0 Å². The topological polar surface area (TPSA) is 99.4 Å². The number of aliphatic hydroxyl groups excluding tert-OH is 3. The van der Waals surface area contributed by atoms with Crippen LogP contribution in [0.3, 0.4) is 0 Å². The minimum absolute atomic E-state index is 0. The Labute approximate surface area is 188 Å². The van der Waals surface area contributed by atoms with E-state index in [2.05, 4.69) is 6.92 Å². The van der Waals surface area contributed by atoms with Crippen LogP contribution in [0.25, 0.3) is 0 Å². The van der Waals surface area contributed by atoms with Crippen molar-refractivity contribution in [3.8, 4) is 0 Å². The van der Waals surface area contributed by atoms with E-state index < -0.39 is 14.4 Å². The Morgan fingerprint density at radius 2 is 1.22 bits per heavy atom. The zero-order valence-corrected chi connectivity index (χ0v) is 22.6. The average molecular weight is 492 g/mol. The van der Waals surface area contributed by atoms with Gasteiger partial charge in [-0.25, -0.2) is 0 Å². The molecule has 0 aliphatic carbocycles. The van der Waals surface area contributed by atoms with Gasteiger partial charge in [0.2, 0.25) is 0 Å². The van der Waals surface area contributed by atoms with Crippen LogP contribution < -0.4 is 0 Å². The fourth-order valence-electron chi connectivity index (χ4n) is 0.847. The van der Waals surface area contributed by atoms with Crippen molar-refractivity contribution in [1.29, 1.82) is 0 Å². The Morgan fingerprint density at radius 1 is 0.852 bits per heavy atom. The molecule has 27 heavy (non-hydrogen) atoms. The second-order valence-electron chi connectivity index (χ2n) is 7.04. The predicted molar refractivity (Wildman–Crippen MR) is 113 cm³/mol. The molecule has 6 nitrogen and oxygen atoms in total. The summed E-state index contributed by atoms with van der Waals surface area (Å²) in [5.74, 6) is 0. The smallest absolute Gasteiger partial charge is 0.179 e. The van der Waals surface area contributed by atoms with Crippen molar-refractivity contribution in [1.82, 2.24) is 0 Å². The van der Waals surface area contributed by atoms with Crippen molar-refractivity contribution in [3.05, 3.63) is 0 Å². The second kappa shape index (κ2) is 31.6. The third-order valence-corrected chi connectivity index (χ3v) is 2.06. The monoisotopic (exact) mass is 490 g/mol. The minimum Gasteiger partial charge on any atom is -0.433 e. The average Bonchev–Trinajstić information content (AvgIpc) is 2.56. The van der Waals surface area contributed by atoms with E-state index in [-0.39, 0.29) is 32.3 Å². The van der Waals surface area contributed by atoms with Crippen molar-refractivity contribution < 1.29 is 55.8 Å². The van der Waals surface area contributed by atoms with Crippen molar-refractivity contribution in [2.24, 2.45) is 0 Å². The van der Waals surface area contributed by atoms with Crippen molar-refractivity contribution in [2.75, 3.05) is 33.0 Å². The summed E-state index contributed by atoms with van der Waals surface area (Å²) in [6.45, 7) is 17.8. The summed E-state index contributed by atoms with van der Waals surface area (Å²) in [6.07, 6.45) is 3.69. The van der Waals surface area contributed by atoms with Crippen LogP contribution in [0.15, 0.2) is 0 Å². The van der Waals surface area contributed by atoms with E-state index in [1.54, 1.807) is 6.92 Å². The molecule has 168 valence electrons. The van der Waals surface area contributed by atoms with E-state index in [9.17, 15) is 0 Å². The van der Waals surface area contributed by atoms with Gasteiger partial charge in [0.25, 0.3) is 0 Å². The van der Waals surface area contributed by atoms with Crippen LogP contribution in [0.5, 0.6) is 0 Å². The van der Waals surface area contributed by atoms with Gasteiger partial charge < -0.3 is 29.6 Å². The maximum atomic E-state index is 8.95. The number of ether oxygens (including phenoxy) is 2. The van der Waals surface area contributed by atoms with Crippen molar-refractivity contribution >= 4 is 8.32 Å².